The van der Waals surface area contributed by atoms with Gasteiger partial charge in [0, 0.05) is 25.6 Å². The van der Waals surface area contributed by atoms with Crippen LogP contribution < -0.4 is 15.1 Å². The number of amides is 1. The van der Waals surface area contributed by atoms with Crippen LogP contribution in [0.1, 0.15) is 12.8 Å². The van der Waals surface area contributed by atoms with Crippen molar-refractivity contribution in [3.8, 4) is 0 Å². The molecular formula is C20H18FN3O2. The average Bonchev–Trinajstić information content (AvgIpc) is 2.93. The number of hydrogen-bond donors (Lipinski definition) is 1. The van der Waals surface area contributed by atoms with Gasteiger partial charge in [0.05, 0.1) is 23.5 Å². The van der Waals surface area contributed by atoms with Gasteiger partial charge in [0.25, 0.3) is 0 Å². The van der Waals surface area contributed by atoms with Crippen molar-refractivity contribution in [3.05, 3.63) is 65.7 Å². The molecule has 0 aliphatic carbocycles. The molecule has 2 aliphatic rings. The summed E-state index contributed by atoms with van der Waals surface area (Å²) >= 11 is 0. The number of nitrogens with zero attached hydrogens (tertiary/aromatic N) is 2. The first-order valence-corrected chi connectivity index (χ1v) is 8.47. The van der Waals surface area contributed by atoms with E-state index in [-0.39, 0.29) is 17.9 Å². The van der Waals surface area contributed by atoms with Crippen LogP contribution in [0.4, 0.5) is 21.5 Å². The molecule has 2 aliphatic heterocycles. The fourth-order valence-electron chi connectivity index (χ4n) is 3.56. The molecule has 2 aromatic rings. The van der Waals surface area contributed by atoms with E-state index in [9.17, 15) is 14.0 Å². The molecule has 2 aromatic carbocycles. The molecule has 132 valence electrons. The molecule has 0 aromatic heterocycles. The van der Waals surface area contributed by atoms with Gasteiger partial charge in [-0.05, 0) is 24.3 Å². The second kappa shape index (κ2) is 6.29. The number of hydrogen-bond acceptors (Lipinski definition) is 4. The second-order valence-electron chi connectivity index (χ2n) is 6.38. The van der Waals surface area contributed by atoms with Gasteiger partial charge in [-0.15, -0.1) is 0 Å². The van der Waals surface area contributed by atoms with Crippen molar-refractivity contribution in [1.82, 2.24) is 0 Å². The molecule has 0 saturated carbocycles. The lowest BCUT2D eigenvalue weighted by molar-refractivity contribution is -0.119. The van der Waals surface area contributed by atoms with Crippen molar-refractivity contribution in [2.24, 2.45) is 0 Å². The highest BCUT2D eigenvalue weighted by Gasteiger charge is 2.37. The van der Waals surface area contributed by atoms with E-state index in [1.165, 1.54) is 12.1 Å². The molecule has 26 heavy (non-hydrogen) atoms. The lowest BCUT2D eigenvalue weighted by atomic mass is 10.00. The number of Topliss-reactive ketones (excluding diaryl/α,β-unsaturated/α-hetero) is 1. The summed E-state index contributed by atoms with van der Waals surface area (Å²) in [5.41, 5.74) is 2.61. The number of fused-ring (bicyclic) bond motifs is 3. The Bertz CT molecular complexity index is 938. The van der Waals surface area contributed by atoms with Crippen LogP contribution in [-0.4, -0.2) is 25.3 Å². The Morgan fingerprint density at radius 1 is 1.12 bits per heavy atom. The van der Waals surface area contributed by atoms with Gasteiger partial charge in [0.1, 0.15) is 11.6 Å². The van der Waals surface area contributed by atoms with Gasteiger partial charge in [-0.25, -0.2) is 4.39 Å². The maximum atomic E-state index is 13.8. The Morgan fingerprint density at radius 3 is 2.58 bits per heavy atom. The fraction of sp³-hybridized carbons (Fsp3) is 0.200. The number of nitrogens with one attached hydrogen (secondary N) is 1. The number of para-hydroxylation sites is 3. The highest BCUT2D eigenvalue weighted by atomic mass is 19.1. The lowest BCUT2D eigenvalue weighted by Gasteiger charge is -2.29. The van der Waals surface area contributed by atoms with Gasteiger partial charge in [-0.1, -0.05) is 24.3 Å². The van der Waals surface area contributed by atoms with Crippen molar-refractivity contribution in [2.75, 3.05) is 28.7 Å². The summed E-state index contributed by atoms with van der Waals surface area (Å²) < 4.78 is 13.8. The van der Waals surface area contributed by atoms with E-state index in [2.05, 4.69) is 10.2 Å². The Hall–Kier alpha value is -3.15. The molecule has 5 nitrogen and oxygen atoms in total. The van der Waals surface area contributed by atoms with E-state index < -0.39 is 11.7 Å². The van der Waals surface area contributed by atoms with Gasteiger partial charge < -0.3 is 15.1 Å². The molecule has 2 heterocycles. The lowest BCUT2D eigenvalue weighted by Crippen LogP contribution is -2.36. The first kappa shape index (κ1) is 16.3. The van der Waals surface area contributed by atoms with Crippen molar-refractivity contribution < 1.29 is 14.0 Å². The maximum absolute atomic E-state index is 13.8. The highest BCUT2D eigenvalue weighted by molar-refractivity contribution is 6.07. The molecule has 0 atom stereocenters. The van der Waals surface area contributed by atoms with Gasteiger partial charge >= 0.3 is 0 Å². The molecular weight excluding hydrogens is 333 g/mol. The maximum Gasteiger partial charge on any atom is 0.229 e. The number of carbonyl (C=O) groups is 2. The third kappa shape index (κ3) is 2.63. The SMILES string of the molecule is CN1C2=C(CC(=O)Nc3ccccc3F)C(=O)CCN2c2ccccc21. The van der Waals surface area contributed by atoms with Gasteiger partial charge in [0.15, 0.2) is 5.78 Å². The van der Waals surface area contributed by atoms with E-state index in [1.54, 1.807) is 12.1 Å². The first-order chi connectivity index (χ1) is 12.6. The van der Waals surface area contributed by atoms with Gasteiger partial charge in [0.2, 0.25) is 5.91 Å². The Balaban J connectivity index is 1.65. The van der Waals surface area contributed by atoms with E-state index >= 15 is 0 Å². The monoisotopic (exact) mass is 351 g/mol. The normalized spacial score (nSPS) is 15.8. The molecule has 1 N–H and O–H groups in total. The minimum Gasteiger partial charge on any atom is -0.329 e. The van der Waals surface area contributed by atoms with Crippen LogP contribution in [0.3, 0.4) is 0 Å². The van der Waals surface area contributed by atoms with Crippen molar-refractivity contribution in [3.63, 3.8) is 0 Å². The number of benzene rings is 2. The van der Waals surface area contributed by atoms with Crippen LogP contribution in [-0.2, 0) is 9.59 Å². The molecule has 6 heteroatoms. The summed E-state index contributed by atoms with van der Waals surface area (Å²) in [5, 5.41) is 2.56. The Morgan fingerprint density at radius 2 is 1.81 bits per heavy atom. The number of anilines is 3. The minimum absolute atomic E-state index is 0.0420. The van der Waals surface area contributed by atoms with Crippen LogP contribution in [0, 0.1) is 5.82 Å². The van der Waals surface area contributed by atoms with Gasteiger partial charge in [-0.3, -0.25) is 9.59 Å². The van der Waals surface area contributed by atoms with E-state index in [4.69, 9.17) is 0 Å². The van der Waals surface area contributed by atoms with E-state index in [0.717, 1.165) is 17.2 Å². The van der Waals surface area contributed by atoms with Crippen molar-refractivity contribution in [1.29, 1.82) is 0 Å². The summed E-state index contributed by atoms with van der Waals surface area (Å²) in [6.07, 6.45) is 0.269. The summed E-state index contributed by atoms with van der Waals surface area (Å²) in [4.78, 5) is 29.0. The predicted molar refractivity (Wildman–Crippen MR) is 98.5 cm³/mol. The minimum atomic E-state index is -0.500. The van der Waals surface area contributed by atoms with E-state index in [0.29, 0.717) is 18.5 Å². The smallest absolute Gasteiger partial charge is 0.229 e. The van der Waals surface area contributed by atoms with Crippen molar-refractivity contribution >= 4 is 28.8 Å². The van der Waals surface area contributed by atoms with Crippen LogP contribution >= 0.6 is 0 Å². The van der Waals surface area contributed by atoms with Crippen LogP contribution in [0.25, 0.3) is 0 Å². The summed E-state index contributed by atoms with van der Waals surface area (Å²) in [6, 6.07) is 13.9. The molecule has 0 radical (unpaired) electrons. The molecule has 0 unspecified atom stereocenters. The predicted octanol–water partition coefficient (Wildman–Crippen LogP) is 3.30. The first-order valence-electron chi connectivity index (χ1n) is 8.47. The average molecular weight is 351 g/mol. The zero-order valence-corrected chi connectivity index (χ0v) is 14.3. The number of carbonyl (C=O) groups excluding carboxylic acids is 2. The molecule has 4 rings (SSSR count). The van der Waals surface area contributed by atoms with Gasteiger partial charge in [-0.2, -0.15) is 0 Å². The third-order valence-corrected chi connectivity index (χ3v) is 4.76. The molecule has 0 bridgehead atoms. The second-order valence-corrected chi connectivity index (χ2v) is 6.38. The number of rotatable bonds is 3. The van der Waals surface area contributed by atoms with Crippen LogP contribution in [0.2, 0.25) is 0 Å². The Labute approximate surface area is 150 Å². The topological polar surface area (TPSA) is 52.7 Å². The zero-order valence-electron chi connectivity index (χ0n) is 14.3. The fourth-order valence-corrected chi connectivity index (χ4v) is 3.56. The summed E-state index contributed by atoms with van der Waals surface area (Å²) in [5.74, 6) is -0.205. The van der Waals surface area contributed by atoms with Crippen molar-refractivity contribution in [2.45, 2.75) is 12.8 Å². The zero-order chi connectivity index (χ0) is 18.3. The highest BCUT2D eigenvalue weighted by Crippen LogP contribution is 2.43. The number of ketones is 1. The molecule has 1 amide bonds. The van der Waals surface area contributed by atoms with Crippen LogP contribution in [0.5, 0.6) is 0 Å². The van der Waals surface area contributed by atoms with Crippen LogP contribution in [0.15, 0.2) is 59.9 Å². The largest absolute Gasteiger partial charge is 0.329 e. The summed E-state index contributed by atoms with van der Waals surface area (Å²) in [7, 11) is 1.89. The Kier molecular flexibility index (Phi) is 3.95. The van der Waals surface area contributed by atoms with E-state index in [1.807, 2.05) is 36.2 Å². The summed E-state index contributed by atoms with van der Waals surface area (Å²) in [6.45, 7) is 0.591. The molecule has 0 spiro atoms. The standard InChI is InChI=1S/C20H18FN3O2/c1-23-16-8-4-5-9-17(16)24-11-10-18(25)13(20(23)24)12-19(26)22-15-7-3-2-6-14(15)21/h2-9H,10-12H2,1H3,(H,22,26). The molecule has 0 fully saturated rings. The molecule has 0 saturated heterocycles. The number of halogens is 1. The quantitative estimate of drug-likeness (QED) is 0.922. The third-order valence-electron chi connectivity index (χ3n) is 4.76.